The molecule has 1 saturated heterocycles. The first-order valence-corrected chi connectivity index (χ1v) is 14.5. The Balaban J connectivity index is 1.52. The number of allylic oxidation sites excluding steroid dienone is 4. The molecule has 2 aliphatic heterocycles. The Morgan fingerprint density at radius 2 is 1.95 bits per heavy atom. The minimum atomic E-state index is -1.07. The van der Waals surface area contributed by atoms with Crippen LogP contribution in [0, 0.1) is 17.0 Å². The standard InChI is InChI=1S/C32H35ClF2N4O5/c1-5-20(33)14-26-25(36)16-32(3,4)31(43)39(26)22-8-10-38(11-9-22)30(42)29-24(35)13-19(17-37-29)23-15-21(34)6-7-27(23)44-18(2)12-28(40)41/h5-7,13-15,17-18,22H,1,8-12,16,36H2,2-4H3,(H,40,41)/b20-14+/t18-/m1/s1. The van der Waals surface area contributed by atoms with Crippen LogP contribution in [-0.4, -0.2) is 62.9 Å². The van der Waals surface area contributed by atoms with Gasteiger partial charge in [0, 0.05) is 59.0 Å². The molecule has 3 N–H and O–H groups in total. The molecule has 12 heteroatoms. The summed E-state index contributed by atoms with van der Waals surface area (Å²) < 4.78 is 35.1. The number of hydrogen-bond donors (Lipinski definition) is 2. The number of carbonyl (C=O) groups is 3. The number of ether oxygens (including phenoxy) is 1. The highest BCUT2D eigenvalue weighted by atomic mass is 35.5. The van der Waals surface area contributed by atoms with E-state index in [0.29, 0.717) is 35.7 Å². The lowest BCUT2D eigenvalue weighted by Gasteiger charge is -2.45. The number of halogens is 3. The van der Waals surface area contributed by atoms with Crippen molar-refractivity contribution in [3.05, 3.63) is 82.9 Å². The fourth-order valence-electron chi connectivity index (χ4n) is 5.50. The van der Waals surface area contributed by atoms with Gasteiger partial charge in [0.25, 0.3) is 5.91 Å². The van der Waals surface area contributed by atoms with Crippen molar-refractivity contribution in [1.82, 2.24) is 14.8 Å². The van der Waals surface area contributed by atoms with Crippen LogP contribution in [0.5, 0.6) is 5.75 Å². The minimum Gasteiger partial charge on any atom is -0.489 e. The van der Waals surface area contributed by atoms with Crippen LogP contribution < -0.4 is 10.5 Å². The quantitative estimate of drug-likeness (QED) is 0.346. The van der Waals surface area contributed by atoms with Gasteiger partial charge in [0.05, 0.1) is 12.1 Å². The number of likely N-dealkylation sites (tertiary alicyclic amines) is 1. The zero-order valence-corrected chi connectivity index (χ0v) is 25.5. The molecule has 0 bridgehead atoms. The van der Waals surface area contributed by atoms with Gasteiger partial charge >= 0.3 is 5.97 Å². The number of aliphatic carboxylic acids is 1. The lowest BCUT2D eigenvalue weighted by Crippen LogP contribution is -2.54. The van der Waals surface area contributed by atoms with Gasteiger partial charge in [0.1, 0.15) is 17.7 Å². The molecule has 0 unspecified atom stereocenters. The molecule has 0 aliphatic carbocycles. The van der Waals surface area contributed by atoms with Crippen LogP contribution in [0.1, 0.15) is 56.9 Å². The van der Waals surface area contributed by atoms with Crippen molar-refractivity contribution >= 4 is 29.4 Å². The molecule has 1 aromatic heterocycles. The first kappa shape index (κ1) is 32.7. The Labute approximate surface area is 259 Å². The fraction of sp³-hybridized carbons (Fsp3) is 0.375. The molecule has 2 aliphatic rings. The first-order valence-electron chi connectivity index (χ1n) is 14.2. The molecule has 4 rings (SSSR count). The number of nitrogens with two attached hydrogens (primary N) is 1. The number of benzene rings is 1. The average Bonchev–Trinajstić information content (AvgIpc) is 2.96. The molecule has 0 radical (unpaired) electrons. The largest absolute Gasteiger partial charge is 0.489 e. The summed E-state index contributed by atoms with van der Waals surface area (Å²) in [5.74, 6) is -3.15. The monoisotopic (exact) mass is 628 g/mol. The van der Waals surface area contributed by atoms with E-state index in [9.17, 15) is 18.8 Å². The lowest BCUT2D eigenvalue weighted by atomic mass is 9.81. The number of hydrogen-bond acceptors (Lipinski definition) is 6. The van der Waals surface area contributed by atoms with Gasteiger partial charge in [0.2, 0.25) is 5.91 Å². The van der Waals surface area contributed by atoms with E-state index in [4.69, 9.17) is 27.2 Å². The molecule has 1 aromatic carbocycles. The summed E-state index contributed by atoms with van der Waals surface area (Å²) in [6.45, 7) is 9.36. The molecule has 1 atom stereocenters. The summed E-state index contributed by atoms with van der Waals surface area (Å²) in [6, 6.07) is 4.41. The van der Waals surface area contributed by atoms with Crippen LogP contribution >= 0.6 is 11.6 Å². The second-order valence-electron chi connectivity index (χ2n) is 11.6. The molecule has 1 fully saturated rings. The van der Waals surface area contributed by atoms with Gasteiger partial charge in [-0.25, -0.2) is 13.8 Å². The smallest absolute Gasteiger partial charge is 0.307 e. The van der Waals surface area contributed by atoms with Crippen LogP contribution in [0.4, 0.5) is 8.78 Å². The SMILES string of the molecule is C=C/C(Cl)=C\C1=C(N)CC(C)(C)C(=O)N1C1CCN(C(=O)c2ncc(-c3cc(F)ccc3O[C@H](C)CC(=O)O)cc2F)CC1. The number of carboxylic acid groups (broad SMARTS) is 1. The molecule has 3 heterocycles. The Hall–Kier alpha value is -4.25. The average molecular weight is 629 g/mol. The number of carboxylic acids is 1. The lowest BCUT2D eigenvalue weighted by molar-refractivity contribution is -0.142. The predicted molar refractivity (Wildman–Crippen MR) is 161 cm³/mol. The summed E-state index contributed by atoms with van der Waals surface area (Å²) >= 11 is 6.21. The molecule has 0 spiro atoms. The summed E-state index contributed by atoms with van der Waals surface area (Å²) in [4.78, 5) is 45.1. The number of pyridine rings is 1. The molecule has 234 valence electrons. The normalized spacial score (nSPS) is 18.3. The Morgan fingerprint density at radius 3 is 2.57 bits per heavy atom. The van der Waals surface area contributed by atoms with E-state index >= 15 is 4.39 Å². The molecule has 0 saturated carbocycles. The number of aromatic nitrogens is 1. The topological polar surface area (TPSA) is 126 Å². The van der Waals surface area contributed by atoms with Crippen LogP contribution in [-0.2, 0) is 9.59 Å². The first-order chi connectivity index (χ1) is 20.7. The Kier molecular flexibility index (Phi) is 9.78. The maximum atomic E-state index is 15.3. The molecular weight excluding hydrogens is 594 g/mol. The highest BCUT2D eigenvalue weighted by molar-refractivity contribution is 6.31. The number of piperidine rings is 1. The molecule has 9 nitrogen and oxygen atoms in total. The maximum absolute atomic E-state index is 15.3. The third-order valence-corrected chi connectivity index (χ3v) is 7.96. The third-order valence-electron chi connectivity index (χ3n) is 7.69. The van der Waals surface area contributed by atoms with Crippen molar-refractivity contribution in [3.8, 4) is 16.9 Å². The van der Waals surface area contributed by atoms with E-state index in [1.165, 1.54) is 23.2 Å². The Bertz CT molecular complexity index is 1550. The number of carbonyl (C=O) groups excluding carboxylic acids is 2. The van der Waals surface area contributed by atoms with Gasteiger partial charge < -0.3 is 25.4 Å². The fourth-order valence-corrected chi connectivity index (χ4v) is 5.60. The van der Waals surface area contributed by atoms with E-state index < -0.39 is 40.7 Å². The number of nitrogens with zero attached hydrogens (tertiary/aromatic N) is 3. The maximum Gasteiger partial charge on any atom is 0.307 e. The van der Waals surface area contributed by atoms with Gasteiger partial charge in [-0.15, -0.1) is 0 Å². The van der Waals surface area contributed by atoms with E-state index in [0.717, 1.165) is 18.2 Å². The zero-order chi connectivity index (χ0) is 32.3. The van der Waals surface area contributed by atoms with Gasteiger partial charge in [-0.3, -0.25) is 14.4 Å². The van der Waals surface area contributed by atoms with Crippen molar-refractivity contribution in [2.75, 3.05) is 13.1 Å². The number of rotatable bonds is 9. The van der Waals surface area contributed by atoms with E-state index in [1.54, 1.807) is 17.9 Å². The second-order valence-corrected chi connectivity index (χ2v) is 12.1. The van der Waals surface area contributed by atoms with Crippen molar-refractivity contribution < 1.29 is 33.0 Å². The summed E-state index contributed by atoms with van der Waals surface area (Å²) in [7, 11) is 0. The van der Waals surface area contributed by atoms with Crippen molar-refractivity contribution in [2.45, 2.75) is 58.6 Å². The van der Waals surface area contributed by atoms with Gasteiger partial charge in [-0.1, -0.05) is 38.1 Å². The van der Waals surface area contributed by atoms with Crippen LogP contribution in [0.15, 0.2) is 65.6 Å². The summed E-state index contributed by atoms with van der Waals surface area (Å²) in [5.41, 5.74) is 6.64. The molecule has 2 amide bonds. The predicted octanol–water partition coefficient (Wildman–Crippen LogP) is 5.61. The van der Waals surface area contributed by atoms with Gasteiger partial charge in [0.15, 0.2) is 11.5 Å². The molecular formula is C32H35ClF2N4O5. The van der Waals surface area contributed by atoms with Crippen molar-refractivity contribution in [2.24, 2.45) is 11.1 Å². The van der Waals surface area contributed by atoms with Gasteiger partial charge in [-0.05, 0) is 50.1 Å². The molecule has 44 heavy (non-hydrogen) atoms. The van der Waals surface area contributed by atoms with E-state index in [1.807, 2.05) is 13.8 Å². The summed E-state index contributed by atoms with van der Waals surface area (Å²) in [6.07, 6.45) is 4.51. The summed E-state index contributed by atoms with van der Waals surface area (Å²) in [5, 5.41) is 9.36. The third kappa shape index (κ3) is 7.10. The second kappa shape index (κ2) is 13.2. The highest BCUT2D eigenvalue weighted by Gasteiger charge is 2.43. The van der Waals surface area contributed by atoms with E-state index in [2.05, 4.69) is 11.6 Å². The van der Waals surface area contributed by atoms with Crippen LogP contribution in [0.3, 0.4) is 0 Å². The minimum absolute atomic E-state index is 0.0994. The Morgan fingerprint density at radius 1 is 1.27 bits per heavy atom. The van der Waals surface area contributed by atoms with Crippen LogP contribution in [0.25, 0.3) is 11.1 Å². The zero-order valence-electron chi connectivity index (χ0n) is 24.8. The van der Waals surface area contributed by atoms with Crippen molar-refractivity contribution in [3.63, 3.8) is 0 Å². The highest BCUT2D eigenvalue weighted by Crippen LogP contribution is 2.39. The van der Waals surface area contributed by atoms with Crippen molar-refractivity contribution in [1.29, 1.82) is 0 Å². The van der Waals surface area contributed by atoms with Gasteiger partial charge in [-0.2, -0.15) is 0 Å². The molecule has 2 aromatic rings. The van der Waals surface area contributed by atoms with E-state index in [-0.39, 0.29) is 48.3 Å². The van der Waals surface area contributed by atoms with Crippen LogP contribution in [0.2, 0.25) is 0 Å². The number of amides is 2.